The molecule has 0 unspecified atom stereocenters. The molecule has 0 aliphatic carbocycles. The van der Waals surface area contributed by atoms with Gasteiger partial charge >= 0.3 is 10.1 Å². The van der Waals surface area contributed by atoms with Crippen molar-refractivity contribution in [1.82, 2.24) is 9.97 Å². The summed E-state index contributed by atoms with van der Waals surface area (Å²) in [4.78, 5) is 8.01. The summed E-state index contributed by atoms with van der Waals surface area (Å²) in [6.07, 6.45) is 1.02. The van der Waals surface area contributed by atoms with Crippen LogP contribution in [0, 0.1) is 0 Å². The Morgan fingerprint density at radius 3 is 2.56 bits per heavy atom. The van der Waals surface area contributed by atoms with Gasteiger partial charge in [0.2, 0.25) is 0 Å². The molecule has 1 aliphatic rings. The van der Waals surface area contributed by atoms with Gasteiger partial charge in [0.05, 0.1) is 17.3 Å². The van der Waals surface area contributed by atoms with Gasteiger partial charge in [0.25, 0.3) is 0 Å². The van der Waals surface area contributed by atoms with E-state index in [0.29, 0.717) is 0 Å². The fourth-order valence-electron chi connectivity index (χ4n) is 3.15. The lowest BCUT2D eigenvalue weighted by Crippen LogP contribution is -2.18. The van der Waals surface area contributed by atoms with Crippen molar-refractivity contribution in [2.45, 2.75) is 19.3 Å². The minimum absolute atomic E-state index is 0.0905. The summed E-state index contributed by atoms with van der Waals surface area (Å²) in [5, 5.41) is 3.44. The lowest BCUT2D eigenvalue weighted by molar-refractivity contribution is 0.493. The molecule has 0 radical (unpaired) electrons. The Kier molecular flexibility index (Phi) is 3.34. The van der Waals surface area contributed by atoms with Gasteiger partial charge in [-0.3, -0.25) is 0 Å². The van der Waals surface area contributed by atoms with Gasteiger partial charge in [-0.2, -0.15) is 8.42 Å². The maximum atomic E-state index is 11.2. The van der Waals surface area contributed by atoms with Gasteiger partial charge in [0.15, 0.2) is 0 Å². The Morgan fingerprint density at radius 2 is 1.88 bits per heavy atom. The molecule has 1 aromatic heterocycles. The van der Waals surface area contributed by atoms with Crippen LogP contribution in [0.4, 0.5) is 5.69 Å². The van der Waals surface area contributed by atoms with E-state index in [0.717, 1.165) is 40.9 Å². The van der Waals surface area contributed by atoms with Crippen LogP contribution in [0.3, 0.4) is 0 Å². The highest BCUT2D eigenvalue weighted by atomic mass is 32.2. The van der Waals surface area contributed by atoms with E-state index in [1.54, 1.807) is 24.3 Å². The number of aromatic amines is 1. The fraction of sp³-hybridized carbons (Fsp3) is 0.278. The maximum absolute atomic E-state index is 11.2. The van der Waals surface area contributed by atoms with Crippen LogP contribution in [-0.4, -0.2) is 31.2 Å². The van der Waals surface area contributed by atoms with Gasteiger partial charge < -0.3 is 14.5 Å². The average molecular weight is 357 g/mol. The molecule has 130 valence electrons. The van der Waals surface area contributed by atoms with Crippen molar-refractivity contribution < 1.29 is 12.6 Å². The first kappa shape index (κ1) is 16.0. The highest BCUT2D eigenvalue weighted by Crippen LogP contribution is 2.38. The van der Waals surface area contributed by atoms with Crippen molar-refractivity contribution in [2.24, 2.45) is 0 Å². The number of aromatic nitrogens is 2. The van der Waals surface area contributed by atoms with E-state index in [1.807, 2.05) is 0 Å². The van der Waals surface area contributed by atoms with E-state index in [9.17, 15) is 8.42 Å². The molecule has 6 nitrogen and oxygen atoms in total. The van der Waals surface area contributed by atoms with Gasteiger partial charge in [-0.25, -0.2) is 4.98 Å². The van der Waals surface area contributed by atoms with Crippen LogP contribution in [0.25, 0.3) is 22.4 Å². The van der Waals surface area contributed by atoms with Crippen LogP contribution in [0.5, 0.6) is 5.75 Å². The predicted octanol–water partition coefficient (Wildman–Crippen LogP) is 3.27. The zero-order valence-electron chi connectivity index (χ0n) is 14.3. The van der Waals surface area contributed by atoms with Crippen molar-refractivity contribution in [2.75, 3.05) is 18.1 Å². The molecule has 2 heterocycles. The third kappa shape index (κ3) is 2.95. The van der Waals surface area contributed by atoms with Crippen molar-refractivity contribution in [1.29, 1.82) is 0 Å². The van der Waals surface area contributed by atoms with Gasteiger partial charge in [0, 0.05) is 23.2 Å². The Balaban J connectivity index is 1.71. The standard InChI is InChI=1S/C18H19N3O3S/c1-18(2)10-19-14-9-16-15(8-13(14)18)20-17(21-16)11-4-6-12(7-5-11)24-25(3,22)23/h4-9,19H,10H2,1-3H3,(H,20,21). The Hall–Kier alpha value is -2.54. The maximum Gasteiger partial charge on any atom is 0.306 e. The number of anilines is 1. The van der Waals surface area contributed by atoms with E-state index in [1.165, 1.54) is 5.56 Å². The van der Waals surface area contributed by atoms with Gasteiger partial charge in [-0.1, -0.05) is 13.8 Å². The number of hydrogen-bond donors (Lipinski definition) is 2. The summed E-state index contributed by atoms with van der Waals surface area (Å²) in [5.74, 6) is 1.02. The molecule has 0 atom stereocenters. The van der Waals surface area contributed by atoms with E-state index < -0.39 is 10.1 Å². The molecule has 4 rings (SSSR count). The lowest BCUT2D eigenvalue weighted by Gasteiger charge is -2.16. The number of rotatable bonds is 3. The van der Waals surface area contributed by atoms with Crippen LogP contribution < -0.4 is 9.50 Å². The second kappa shape index (κ2) is 5.23. The number of H-pyrrole nitrogens is 1. The first-order chi connectivity index (χ1) is 11.7. The van der Waals surface area contributed by atoms with Gasteiger partial charge in [0.1, 0.15) is 11.6 Å². The van der Waals surface area contributed by atoms with Gasteiger partial charge in [-0.05, 0) is 42.0 Å². The fourth-order valence-corrected chi connectivity index (χ4v) is 3.62. The smallest absolute Gasteiger partial charge is 0.306 e. The largest absolute Gasteiger partial charge is 0.384 e. The Morgan fingerprint density at radius 1 is 1.16 bits per heavy atom. The van der Waals surface area contributed by atoms with E-state index in [4.69, 9.17) is 4.18 Å². The summed E-state index contributed by atoms with van der Waals surface area (Å²) in [6, 6.07) is 11.0. The van der Waals surface area contributed by atoms with E-state index in [2.05, 4.69) is 41.3 Å². The van der Waals surface area contributed by atoms with Gasteiger partial charge in [-0.15, -0.1) is 0 Å². The predicted molar refractivity (Wildman–Crippen MR) is 98.5 cm³/mol. The number of hydrogen-bond acceptors (Lipinski definition) is 5. The summed E-state index contributed by atoms with van der Waals surface area (Å²) in [6.45, 7) is 5.35. The molecule has 0 saturated heterocycles. The molecule has 0 saturated carbocycles. The zero-order chi connectivity index (χ0) is 17.8. The first-order valence-electron chi connectivity index (χ1n) is 7.99. The molecule has 0 spiro atoms. The second-order valence-corrected chi connectivity index (χ2v) is 8.62. The molecular weight excluding hydrogens is 338 g/mol. The molecule has 25 heavy (non-hydrogen) atoms. The Labute approximate surface area is 146 Å². The minimum Gasteiger partial charge on any atom is -0.384 e. The quantitative estimate of drug-likeness (QED) is 0.703. The minimum atomic E-state index is -3.52. The third-order valence-electron chi connectivity index (χ3n) is 4.45. The normalized spacial score (nSPS) is 15.8. The molecule has 3 aromatic rings. The van der Waals surface area contributed by atoms with Crippen LogP contribution in [0.1, 0.15) is 19.4 Å². The highest BCUT2D eigenvalue weighted by molar-refractivity contribution is 7.86. The summed E-state index contributed by atoms with van der Waals surface area (Å²) < 4.78 is 27.2. The van der Waals surface area contributed by atoms with Crippen molar-refractivity contribution in [3.05, 3.63) is 42.0 Å². The van der Waals surface area contributed by atoms with Crippen molar-refractivity contribution in [3.63, 3.8) is 0 Å². The molecule has 2 aromatic carbocycles. The highest BCUT2D eigenvalue weighted by Gasteiger charge is 2.30. The SMILES string of the molecule is CC1(C)CNc2cc3[nH]c(-c4ccc(OS(C)(=O)=O)cc4)nc3cc21. The van der Waals surface area contributed by atoms with E-state index >= 15 is 0 Å². The summed E-state index contributed by atoms with van der Waals surface area (Å²) in [5.41, 5.74) is 5.26. The molecule has 0 fully saturated rings. The number of nitrogens with one attached hydrogen (secondary N) is 2. The lowest BCUT2D eigenvalue weighted by atomic mass is 9.87. The molecule has 0 bridgehead atoms. The average Bonchev–Trinajstić information content (AvgIpc) is 3.06. The number of benzene rings is 2. The van der Waals surface area contributed by atoms with Crippen LogP contribution >= 0.6 is 0 Å². The molecular formula is C18H19N3O3S. The number of fused-ring (bicyclic) bond motifs is 2. The first-order valence-corrected chi connectivity index (χ1v) is 9.81. The number of imidazole rings is 1. The Bertz CT molecular complexity index is 1070. The van der Waals surface area contributed by atoms with Crippen molar-refractivity contribution in [3.8, 4) is 17.1 Å². The van der Waals surface area contributed by atoms with Crippen LogP contribution in [0.2, 0.25) is 0 Å². The zero-order valence-corrected chi connectivity index (χ0v) is 15.1. The molecule has 0 amide bonds. The topological polar surface area (TPSA) is 84.1 Å². The van der Waals surface area contributed by atoms with Crippen LogP contribution in [-0.2, 0) is 15.5 Å². The molecule has 7 heteroatoms. The third-order valence-corrected chi connectivity index (χ3v) is 4.94. The molecule has 1 aliphatic heterocycles. The number of nitrogens with zero attached hydrogens (tertiary/aromatic N) is 1. The van der Waals surface area contributed by atoms with Crippen LogP contribution in [0.15, 0.2) is 36.4 Å². The van der Waals surface area contributed by atoms with Crippen molar-refractivity contribution >= 4 is 26.8 Å². The second-order valence-electron chi connectivity index (χ2n) is 7.05. The van der Waals surface area contributed by atoms with E-state index in [-0.39, 0.29) is 11.2 Å². The molecule has 2 N–H and O–H groups in total. The summed E-state index contributed by atoms with van der Waals surface area (Å²) >= 11 is 0. The summed E-state index contributed by atoms with van der Waals surface area (Å²) in [7, 11) is -3.52. The monoisotopic (exact) mass is 357 g/mol.